The van der Waals surface area contributed by atoms with Crippen LogP contribution in [0.1, 0.15) is 206 Å². The summed E-state index contributed by atoms with van der Waals surface area (Å²) in [7, 11) is 0. The van der Waals surface area contributed by atoms with Gasteiger partial charge in [0.25, 0.3) is 0 Å². The molecular formula is C61H96O5. The second-order valence-electron chi connectivity index (χ2n) is 16.9. The van der Waals surface area contributed by atoms with Crippen molar-refractivity contribution in [1.82, 2.24) is 0 Å². The minimum absolute atomic E-state index is 0.0826. The van der Waals surface area contributed by atoms with Gasteiger partial charge in [-0.25, -0.2) is 0 Å². The Morgan fingerprint density at radius 2 is 0.652 bits per heavy atom. The molecule has 0 aromatic heterocycles. The third-order valence-electron chi connectivity index (χ3n) is 10.6. The molecule has 0 saturated carbocycles. The Morgan fingerprint density at radius 3 is 0.985 bits per heavy atom. The summed E-state index contributed by atoms with van der Waals surface area (Å²) in [6.07, 6.45) is 83.8. The Bertz CT molecular complexity index is 1450. The number of carbonyl (C=O) groups excluding carboxylic acids is 2. The number of allylic oxidation sites excluding steroid dienone is 24. The molecule has 0 spiro atoms. The SMILES string of the molecule is CC/C=C\C/C=C\C/C=C\C/C=C\C/C=C\C/C=C\C/C=C\C/C=C\C/C=C\C/C=C\C/C=C\C/C=C\CCCCCCC(=O)OC(CO)COC(=O)CCCCCCCCCCCCC. The first-order valence-electron chi connectivity index (χ1n) is 26.4. The molecule has 0 aliphatic carbocycles. The fourth-order valence-corrected chi connectivity index (χ4v) is 6.71. The van der Waals surface area contributed by atoms with Crippen LogP contribution >= 0.6 is 0 Å². The van der Waals surface area contributed by atoms with Gasteiger partial charge in [-0.2, -0.15) is 0 Å². The van der Waals surface area contributed by atoms with E-state index in [2.05, 4.69) is 160 Å². The Morgan fingerprint density at radius 1 is 0.364 bits per heavy atom. The van der Waals surface area contributed by atoms with Crippen molar-refractivity contribution in [2.24, 2.45) is 0 Å². The van der Waals surface area contributed by atoms with Crippen LogP contribution in [-0.4, -0.2) is 36.4 Å². The van der Waals surface area contributed by atoms with Crippen molar-refractivity contribution in [1.29, 1.82) is 0 Å². The fraction of sp³-hybridized carbons (Fsp3) is 0.574. The van der Waals surface area contributed by atoms with Gasteiger partial charge in [0.05, 0.1) is 6.61 Å². The Balaban J connectivity index is 3.68. The van der Waals surface area contributed by atoms with E-state index in [0.717, 1.165) is 128 Å². The zero-order valence-electron chi connectivity index (χ0n) is 42.1. The zero-order valence-corrected chi connectivity index (χ0v) is 42.1. The van der Waals surface area contributed by atoms with E-state index < -0.39 is 6.10 Å². The number of esters is 2. The molecule has 1 unspecified atom stereocenters. The van der Waals surface area contributed by atoms with Gasteiger partial charge >= 0.3 is 11.9 Å². The number of hydrogen-bond acceptors (Lipinski definition) is 5. The predicted molar refractivity (Wildman–Crippen MR) is 287 cm³/mol. The first kappa shape index (κ1) is 61.8. The van der Waals surface area contributed by atoms with Crippen LogP contribution in [0, 0.1) is 0 Å². The predicted octanol–water partition coefficient (Wildman–Crippen LogP) is 17.9. The highest BCUT2D eigenvalue weighted by atomic mass is 16.6. The van der Waals surface area contributed by atoms with Crippen LogP contribution in [0.5, 0.6) is 0 Å². The molecule has 0 aromatic rings. The van der Waals surface area contributed by atoms with E-state index in [1.54, 1.807) is 0 Å². The van der Waals surface area contributed by atoms with E-state index in [4.69, 9.17) is 9.47 Å². The van der Waals surface area contributed by atoms with E-state index in [9.17, 15) is 14.7 Å². The highest BCUT2D eigenvalue weighted by Crippen LogP contribution is 2.13. The van der Waals surface area contributed by atoms with Crippen LogP contribution in [0.2, 0.25) is 0 Å². The van der Waals surface area contributed by atoms with E-state index in [1.165, 1.54) is 51.4 Å². The summed E-state index contributed by atoms with van der Waals surface area (Å²) >= 11 is 0. The number of carbonyl (C=O) groups is 2. The summed E-state index contributed by atoms with van der Waals surface area (Å²) in [5.74, 6) is -0.630. The molecule has 0 radical (unpaired) electrons. The van der Waals surface area contributed by atoms with Crippen LogP contribution in [-0.2, 0) is 19.1 Å². The van der Waals surface area contributed by atoms with Crippen LogP contribution in [0.15, 0.2) is 146 Å². The molecule has 0 bridgehead atoms. The molecule has 0 rings (SSSR count). The summed E-state index contributed by atoms with van der Waals surface area (Å²) in [6, 6.07) is 0. The maximum atomic E-state index is 12.2. The van der Waals surface area contributed by atoms with Crippen LogP contribution in [0.25, 0.3) is 0 Å². The monoisotopic (exact) mass is 909 g/mol. The van der Waals surface area contributed by atoms with Gasteiger partial charge in [-0.05, 0) is 103 Å². The molecule has 5 heteroatoms. The molecule has 0 heterocycles. The third kappa shape index (κ3) is 52.4. The molecule has 0 fully saturated rings. The lowest BCUT2D eigenvalue weighted by Gasteiger charge is -2.15. The lowest BCUT2D eigenvalue weighted by atomic mass is 10.1. The van der Waals surface area contributed by atoms with E-state index in [-0.39, 0.29) is 25.2 Å². The minimum Gasteiger partial charge on any atom is -0.462 e. The molecule has 66 heavy (non-hydrogen) atoms. The van der Waals surface area contributed by atoms with Crippen LogP contribution in [0.3, 0.4) is 0 Å². The molecule has 370 valence electrons. The first-order chi connectivity index (χ1) is 32.6. The molecule has 1 atom stereocenters. The molecule has 5 nitrogen and oxygen atoms in total. The lowest BCUT2D eigenvalue weighted by Crippen LogP contribution is -2.28. The third-order valence-corrected chi connectivity index (χ3v) is 10.6. The van der Waals surface area contributed by atoms with Crippen molar-refractivity contribution < 1.29 is 24.2 Å². The Labute approximate surface area is 406 Å². The highest BCUT2D eigenvalue weighted by molar-refractivity contribution is 5.70. The zero-order chi connectivity index (χ0) is 47.7. The summed E-state index contributed by atoms with van der Waals surface area (Å²) in [5, 5.41) is 9.59. The van der Waals surface area contributed by atoms with Gasteiger partial charge in [-0.1, -0.05) is 237 Å². The van der Waals surface area contributed by atoms with Gasteiger partial charge in [0.2, 0.25) is 0 Å². The standard InChI is InChI=1S/C61H96O5/c1-3-5-7-9-11-13-15-16-17-18-19-20-21-22-23-24-25-26-27-28-29-30-31-32-33-34-35-36-37-38-39-40-41-42-43-44-46-48-50-52-54-56-61(64)66-59(57-62)58-65-60(63)55-53-51-49-47-45-14-12-10-8-6-4-2/h5,7,11,13,16-17,19-20,22-23,25-26,28-29,31-32,34-35,37-38,40-41,43-44,59,62H,3-4,6,8-10,12,14-15,18,21,24,27,30,33,36,39,42,45-58H2,1-2H3/b7-5-,13-11-,17-16-,20-19-,23-22-,26-25-,29-28-,32-31-,35-34-,38-37-,41-40-,44-43-. The molecule has 1 N–H and O–H groups in total. The molecule has 0 amide bonds. The number of aliphatic hydroxyl groups excluding tert-OH is 1. The average molecular weight is 909 g/mol. The molecule has 0 aliphatic heterocycles. The van der Waals surface area contributed by atoms with Crippen LogP contribution < -0.4 is 0 Å². The van der Waals surface area contributed by atoms with Crippen molar-refractivity contribution in [3.8, 4) is 0 Å². The van der Waals surface area contributed by atoms with Gasteiger partial charge in [0, 0.05) is 12.8 Å². The van der Waals surface area contributed by atoms with E-state index in [0.29, 0.717) is 12.8 Å². The smallest absolute Gasteiger partial charge is 0.306 e. The van der Waals surface area contributed by atoms with Gasteiger partial charge in [0.1, 0.15) is 6.61 Å². The summed E-state index contributed by atoms with van der Waals surface area (Å²) < 4.78 is 10.6. The number of aliphatic hydroxyl groups is 1. The number of unbranched alkanes of at least 4 members (excludes halogenated alkanes) is 14. The van der Waals surface area contributed by atoms with E-state index in [1.807, 2.05) is 0 Å². The fourth-order valence-electron chi connectivity index (χ4n) is 6.71. The minimum atomic E-state index is -0.792. The second kappa shape index (κ2) is 55.1. The van der Waals surface area contributed by atoms with Gasteiger partial charge in [-0.3, -0.25) is 9.59 Å². The van der Waals surface area contributed by atoms with E-state index >= 15 is 0 Å². The summed E-state index contributed by atoms with van der Waals surface area (Å²) in [5.41, 5.74) is 0. The summed E-state index contributed by atoms with van der Waals surface area (Å²) in [4.78, 5) is 24.3. The van der Waals surface area contributed by atoms with Crippen LogP contribution in [0.4, 0.5) is 0 Å². The number of hydrogen-bond donors (Lipinski definition) is 1. The van der Waals surface area contributed by atoms with Gasteiger partial charge in [-0.15, -0.1) is 0 Å². The molecule has 0 aromatic carbocycles. The molecule has 0 saturated heterocycles. The molecular weight excluding hydrogens is 813 g/mol. The quantitative estimate of drug-likeness (QED) is 0.0374. The van der Waals surface area contributed by atoms with Gasteiger partial charge in [0.15, 0.2) is 6.10 Å². The van der Waals surface area contributed by atoms with Crippen molar-refractivity contribution in [3.63, 3.8) is 0 Å². The number of ether oxygens (including phenoxy) is 2. The Kier molecular flexibility index (Phi) is 51.6. The van der Waals surface area contributed by atoms with Crippen molar-refractivity contribution >= 4 is 11.9 Å². The van der Waals surface area contributed by atoms with Crippen molar-refractivity contribution in [2.75, 3.05) is 13.2 Å². The Hall–Kier alpha value is -4.22. The topological polar surface area (TPSA) is 72.8 Å². The maximum absolute atomic E-state index is 12.2. The average Bonchev–Trinajstić information content (AvgIpc) is 3.32. The first-order valence-corrected chi connectivity index (χ1v) is 26.4. The van der Waals surface area contributed by atoms with Gasteiger partial charge < -0.3 is 14.6 Å². The largest absolute Gasteiger partial charge is 0.462 e. The number of rotatable bonds is 46. The lowest BCUT2D eigenvalue weighted by molar-refractivity contribution is -0.161. The highest BCUT2D eigenvalue weighted by Gasteiger charge is 2.16. The maximum Gasteiger partial charge on any atom is 0.306 e. The normalized spacial score (nSPS) is 13.4. The second-order valence-corrected chi connectivity index (χ2v) is 16.9. The van der Waals surface area contributed by atoms with Crippen molar-refractivity contribution in [3.05, 3.63) is 146 Å². The van der Waals surface area contributed by atoms with Crippen molar-refractivity contribution in [2.45, 2.75) is 213 Å². The summed E-state index contributed by atoms with van der Waals surface area (Å²) in [6.45, 7) is 3.98. The molecule has 0 aliphatic rings.